The summed E-state index contributed by atoms with van der Waals surface area (Å²) in [6.07, 6.45) is 0. The number of hydrogen-bond donors (Lipinski definition) is 1. The normalized spacial score (nSPS) is 13.5. The highest BCUT2D eigenvalue weighted by atomic mass is 35.5. The smallest absolute Gasteiger partial charge is 0.270 e. The Balaban J connectivity index is 2.50. The molecule has 2 aromatic carbocycles. The second-order valence-corrected chi connectivity index (χ2v) is 6.35. The SMILES string of the molecule is O=c1/c(=C(\O)C(Cl)Cl)c(=O)n2c3ccccc3c3cccc1c32. The van der Waals surface area contributed by atoms with Crippen LogP contribution in [0.5, 0.6) is 0 Å². The molecule has 23 heavy (non-hydrogen) atoms. The number of alkyl halides is 2. The van der Waals surface area contributed by atoms with Crippen LogP contribution in [0.3, 0.4) is 0 Å². The van der Waals surface area contributed by atoms with Crippen molar-refractivity contribution >= 4 is 56.2 Å². The predicted octanol–water partition coefficient (Wildman–Crippen LogP) is 2.59. The second kappa shape index (κ2) is 4.85. The third-order valence-electron chi connectivity index (χ3n) is 4.05. The first kappa shape index (κ1) is 14.3. The molecule has 0 saturated heterocycles. The molecule has 0 atom stereocenters. The van der Waals surface area contributed by atoms with Crippen molar-refractivity contribution in [3.63, 3.8) is 0 Å². The van der Waals surface area contributed by atoms with Crippen LogP contribution in [0.4, 0.5) is 0 Å². The summed E-state index contributed by atoms with van der Waals surface area (Å²) in [5.41, 5.74) is 0.0165. The van der Waals surface area contributed by atoms with E-state index in [1.165, 1.54) is 4.40 Å². The van der Waals surface area contributed by atoms with Crippen LogP contribution in [0.15, 0.2) is 52.1 Å². The van der Waals surface area contributed by atoms with Crippen LogP contribution in [0.25, 0.3) is 33.0 Å². The van der Waals surface area contributed by atoms with Crippen LogP contribution in [0.1, 0.15) is 0 Å². The Hall–Kier alpha value is -2.30. The molecule has 4 rings (SSSR count). The summed E-state index contributed by atoms with van der Waals surface area (Å²) in [6.45, 7) is 0. The van der Waals surface area contributed by atoms with E-state index >= 15 is 0 Å². The summed E-state index contributed by atoms with van der Waals surface area (Å²) in [4.78, 5) is 24.2. The van der Waals surface area contributed by atoms with Gasteiger partial charge in [-0.05, 0) is 12.1 Å². The molecule has 0 aliphatic carbocycles. The molecule has 0 fully saturated rings. The largest absolute Gasteiger partial charge is 0.508 e. The van der Waals surface area contributed by atoms with Crippen molar-refractivity contribution in [2.24, 2.45) is 0 Å². The van der Waals surface area contributed by atoms with Gasteiger partial charge in [-0.1, -0.05) is 53.5 Å². The highest BCUT2D eigenvalue weighted by Gasteiger charge is 2.19. The molecule has 114 valence electrons. The first-order valence-electron chi connectivity index (χ1n) is 6.85. The quantitative estimate of drug-likeness (QED) is 0.539. The zero-order chi connectivity index (χ0) is 16.3. The lowest BCUT2D eigenvalue weighted by Crippen LogP contribution is -2.45. The van der Waals surface area contributed by atoms with Gasteiger partial charge in [-0.25, -0.2) is 0 Å². The van der Waals surface area contributed by atoms with E-state index in [1.54, 1.807) is 18.2 Å². The van der Waals surface area contributed by atoms with Gasteiger partial charge < -0.3 is 5.11 Å². The van der Waals surface area contributed by atoms with Crippen molar-refractivity contribution in [1.29, 1.82) is 0 Å². The van der Waals surface area contributed by atoms with E-state index in [4.69, 9.17) is 23.2 Å². The van der Waals surface area contributed by atoms with Crippen LogP contribution < -0.4 is 16.2 Å². The number of aromatic nitrogens is 1. The van der Waals surface area contributed by atoms with Gasteiger partial charge in [-0.15, -0.1) is 0 Å². The van der Waals surface area contributed by atoms with Gasteiger partial charge in [0, 0.05) is 16.2 Å². The maximum absolute atomic E-state index is 12.8. The predicted molar refractivity (Wildman–Crippen MR) is 92.9 cm³/mol. The standard InChI is InChI=1S/C17H9Cl2NO3/c18-16(19)15(22)12-14(21)10-6-3-5-9-8-4-1-2-7-11(8)20(13(9)10)17(12)23/h1-7,16,22H/b15-12+. The van der Waals surface area contributed by atoms with Crippen molar-refractivity contribution in [3.8, 4) is 0 Å². The Morgan fingerprint density at radius 1 is 0.957 bits per heavy atom. The maximum Gasteiger partial charge on any atom is 0.270 e. The van der Waals surface area contributed by atoms with E-state index in [0.717, 1.165) is 10.8 Å². The summed E-state index contributed by atoms with van der Waals surface area (Å²) < 4.78 is 1.43. The molecular formula is C17H9Cl2NO3. The van der Waals surface area contributed by atoms with Crippen molar-refractivity contribution in [2.75, 3.05) is 0 Å². The van der Waals surface area contributed by atoms with Gasteiger partial charge in [0.25, 0.3) is 5.56 Å². The summed E-state index contributed by atoms with van der Waals surface area (Å²) in [5.74, 6) is -0.622. The molecule has 0 radical (unpaired) electrons. The van der Waals surface area contributed by atoms with Crippen molar-refractivity contribution in [2.45, 2.75) is 4.84 Å². The first-order chi connectivity index (χ1) is 11.0. The number of aliphatic hydroxyl groups excluding tert-OH is 1. The lowest BCUT2D eigenvalue weighted by Gasteiger charge is -2.03. The zero-order valence-corrected chi connectivity index (χ0v) is 13.1. The summed E-state index contributed by atoms with van der Waals surface area (Å²) >= 11 is 11.3. The van der Waals surface area contributed by atoms with Crippen molar-refractivity contribution < 1.29 is 5.11 Å². The van der Waals surface area contributed by atoms with Crippen LogP contribution in [0.2, 0.25) is 0 Å². The lowest BCUT2D eigenvalue weighted by molar-refractivity contribution is 0.494. The molecule has 2 heterocycles. The number of nitrogens with zero attached hydrogens (tertiary/aromatic N) is 1. The number of pyridine rings is 1. The second-order valence-electron chi connectivity index (χ2n) is 5.25. The Morgan fingerprint density at radius 3 is 2.35 bits per heavy atom. The van der Waals surface area contributed by atoms with E-state index in [-0.39, 0.29) is 5.22 Å². The van der Waals surface area contributed by atoms with Crippen molar-refractivity contribution in [3.05, 3.63) is 68.3 Å². The molecule has 0 amide bonds. The monoisotopic (exact) mass is 345 g/mol. The minimum Gasteiger partial charge on any atom is -0.508 e. The van der Waals surface area contributed by atoms with Crippen LogP contribution >= 0.6 is 23.2 Å². The van der Waals surface area contributed by atoms with E-state index in [9.17, 15) is 14.7 Å². The van der Waals surface area contributed by atoms with Gasteiger partial charge in [-0.2, -0.15) is 0 Å². The number of fused-ring (bicyclic) bond motifs is 3. The third kappa shape index (κ3) is 1.79. The van der Waals surface area contributed by atoms with E-state index in [1.807, 2.05) is 24.3 Å². The Labute approximate surface area is 139 Å². The number of para-hydroxylation sites is 2. The Bertz CT molecular complexity index is 1240. The molecule has 1 N–H and O–H groups in total. The Morgan fingerprint density at radius 2 is 1.61 bits per heavy atom. The molecule has 4 nitrogen and oxygen atoms in total. The van der Waals surface area contributed by atoms with Crippen LogP contribution in [-0.4, -0.2) is 14.3 Å². The Kier molecular flexibility index (Phi) is 3.01. The lowest BCUT2D eigenvalue weighted by atomic mass is 10.1. The van der Waals surface area contributed by atoms with E-state index < -0.39 is 21.6 Å². The van der Waals surface area contributed by atoms with Crippen molar-refractivity contribution in [1.82, 2.24) is 4.40 Å². The first-order valence-corrected chi connectivity index (χ1v) is 7.72. The molecule has 0 aliphatic heterocycles. The molecule has 2 aromatic heterocycles. The van der Waals surface area contributed by atoms with Gasteiger partial charge in [0.15, 0.2) is 4.84 Å². The number of rotatable bonds is 1. The molecule has 6 heteroatoms. The molecule has 0 spiro atoms. The molecule has 4 aromatic rings. The minimum atomic E-state index is -1.35. The average molecular weight is 346 g/mol. The average Bonchev–Trinajstić information content (AvgIpc) is 2.88. The summed E-state index contributed by atoms with van der Waals surface area (Å²) in [6, 6.07) is 12.6. The number of hydrogen-bond acceptors (Lipinski definition) is 3. The fourth-order valence-electron chi connectivity index (χ4n) is 3.09. The van der Waals surface area contributed by atoms with Gasteiger partial charge in [0.05, 0.1) is 11.0 Å². The van der Waals surface area contributed by atoms with Crippen LogP contribution in [-0.2, 0) is 0 Å². The van der Waals surface area contributed by atoms with Gasteiger partial charge in [0.2, 0.25) is 5.43 Å². The maximum atomic E-state index is 12.8. The highest BCUT2D eigenvalue weighted by molar-refractivity contribution is 6.48. The number of halogens is 2. The third-order valence-corrected chi connectivity index (χ3v) is 4.46. The summed E-state index contributed by atoms with van der Waals surface area (Å²) in [7, 11) is 0. The number of benzene rings is 2. The zero-order valence-electron chi connectivity index (χ0n) is 11.6. The van der Waals surface area contributed by atoms with E-state index in [2.05, 4.69) is 0 Å². The molecule has 0 aliphatic rings. The van der Waals surface area contributed by atoms with Gasteiger partial charge >= 0.3 is 0 Å². The van der Waals surface area contributed by atoms with Crippen LogP contribution in [0, 0.1) is 0 Å². The molecule has 0 saturated carbocycles. The summed E-state index contributed by atoms with van der Waals surface area (Å²) in [5, 5.41) is 11.7. The minimum absolute atomic E-state index is 0.342. The fraction of sp³-hybridized carbons (Fsp3) is 0.0588. The van der Waals surface area contributed by atoms with Gasteiger partial charge in [0.1, 0.15) is 11.0 Å². The van der Waals surface area contributed by atoms with E-state index in [0.29, 0.717) is 16.4 Å². The number of aliphatic hydroxyl groups is 1. The fourth-order valence-corrected chi connectivity index (χ4v) is 3.31. The van der Waals surface area contributed by atoms with Gasteiger partial charge in [-0.3, -0.25) is 14.0 Å². The topological polar surface area (TPSA) is 58.8 Å². The molecule has 0 bridgehead atoms. The highest BCUT2D eigenvalue weighted by Crippen LogP contribution is 2.28. The molecular weight excluding hydrogens is 337 g/mol. The molecule has 0 unspecified atom stereocenters.